The summed E-state index contributed by atoms with van der Waals surface area (Å²) in [4.78, 5) is 27.4. The number of fused-ring (bicyclic) bond motifs is 1. The number of piperidine rings is 1. The smallest absolute Gasteiger partial charge is 0.243 e. The van der Waals surface area contributed by atoms with Gasteiger partial charge in [0.25, 0.3) is 0 Å². The third kappa shape index (κ3) is 4.97. The zero-order valence-corrected chi connectivity index (χ0v) is 21.3. The lowest BCUT2D eigenvalue weighted by Gasteiger charge is -2.30. The molecular weight excluding hydrogens is 486 g/mol. The average Bonchev–Trinajstić information content (AvgIpc) is 3.65. The predicted molar refractivity (Wildman–Crippen MR) is 135 cm³/mol. The zero-order chi connectivity index (χ0) is 24.7. The van der Waals surface area contributed by atoms with Crippen LogP contribution in [-0.4, -0.2) is 43.7 Å². The molecule has 7 nitrogen and oxygen atoms in total. The lowest BCUT2D eigenvalue weighted by Crippen LogP contribution is -2.42. The molecule has 2 aromatic rings. The molecule has 186 valence electrons. The Morgan fingerprint density at radius 3 is 2.34 bits per heavy atom. The van der Waals surface area contributed by atoms with E-state index in [4.69, 9.17) is 11.6 Å². The van der Waals surface area contributed by atoms with Gasteiger partial charge < -0.3 is 10.2 Å². The van der Waals surface area contributed by atoms with Crippen LogP contribution >= 0.6 is 11.6 Å². The number of nitrogens with zero attached hydrogens (tertiary/aromatic N) is 2. The van der Waals surface area contributed by atoms with Crippen molar-refractivity contribution in [2.75, 3.05) is 18.0 Å². The number of hydrogen-bond acceptors (Lipinski definition) is 4. The fourth-order valence-corrected chi connectivity index (χ4v) is 6.72. The first-order chi connectivity index (χ1) is 16.7. The summed E-state index contributed by atoms with van der Waals surface area (Å²) in [5.74, 6) is 0.0142. The number of hydrogen-bond donors (Lipinski definition) is 1. The summed E-state index contributed by atoms with van der Waals surface area (Å²) in [6.07, 6.45) is 3.51. The number of sulfonamides is 1. The highest BCUT2D eigenvalue weighted by atomic mass is 35.5. The molecule has 5 rings (SSSR count). The molecule has 1 saturated carbocycles. The van der Waals surface area contributed by atoms with Gasteiger partial charge in [0, 0.05) is 48.2 Å². The standard InChI is InChI=1S/C26H30ClN3O4S/c1-17-14-21-15-23(8-9-24(21)30(17)26(32)20-4-5-20)35(33,34)29-12-10-19(11-13-29)25(31)28-16-18-2-6-22(27)7-3-18/h2-3,6-9,15,17,19-20H,4-5,10-14,16H2,1H3,(H,28,31). The second-order valence-corrected chi connectivity index (χ2v) is 12.2. The second-order valence-electron chi connectivity index (χ2n) is 9.85. The van der Waals surface area contributed by atoms with E-state index in [1.807, 2.05) is 24.0 Å². The first kappa shape index (κ1) is 24.3. The number of amides is 2. The molecule has 2 aliphatic heterocycles. The summed E-state index contributed by atoms with van der Waals surface area (Å²) >= 11 is 5.90. The topological polar surface area (TPSA) is 86.8 Å². The fraction of sp³-hybridized carbons (Fsp3) is 0.462. The van der Waals surface area contributed by atoms with Gasteiger partial charge in [0.15, 0.2) is 0 Å². The van der Waals surface area contributed by atoms with Crippen LogP contribution in [0.15, 0.2) is 47.4 Å². The molecule has 2 aromatic carbocycles. The molecule has 0 aromatic heterocycles. The van der Waals surface area contributed by atoms with E-state index >= 15 is 0 Å². The van der Waals surface area contributed by atoms with Gasteiger partial charge in [-0.25, -0.2) is 8.42 Å². The molecule has 0 spiro atoms. The lowest BCUT2D eigenvalue weighted by atomic mass is 9.97. The molecule has 1 aliphatic carbocycles. The molecule has 3 aliphatic rings. The highest BCUT2D eigenvalue weighted by Crippen LogP contribution is 2.40. The van der Waals surface area contributed by atoms with Crippen LogP contribution in [0, 0.1) is 11.8 Å². The minimum absolute atomic E-state index is 0.0400. The molecule has 0 radical (unpaired) electrons. The van der Waals surface area contributed by atoms with E-state index < -0.39 is 10.0 Å². The van der Waals surface area contributed by atoms with Crippen molar-refractivity contribution in [2.24, 2.45) is 11.8 Å². The number of benzene rings is 2. The van der Waals surface area contributed by atoms with Gasteiger partial charge in [0.1, 0.15) is 0 Å². The molecule has 1 unspecified atom stereocenters. The van der Waals surface area contributed by atoms with Gasteiger partial charge in [-0.15, -0.1) is 0 Å². The van der Waals surface area contributed by atoms with Gasteiger partial charge in [-0.2, -0.15) is 4.31 Å². The largest absolute Gasteiger partial charge is 0.352 e. The summed E-state index contributed by atoms with van der Waals surface area (Å²) in [5.41, 5.74) is 2.71. The first-order valence-corrected chi connectivity index (χ1v) is 14.0. The van der Waals surface area contributed by atoms with Crippen molar-refractivity contribution in [3.8, 4) is 0 Å². The van der Waals surface area contributed by atoms with Gasteiger partial charge in [0.05, 0.1) is 4.90 Å². The normalized spacial score (nSPS) is 21.1. The number of rotatable bonds is 6. The molecule has 9 heteroatoms. The Morgan fingerprint density at radius 2 is 1.69 bits per heavy atom. The molecule has 2 fully saturated rings. The Bertz CT molecular complexity index is 1240. The quantitative estimate of drug-likeness (QED) is 0.635. The van der Waals surface area contributed by atoms with Crippen LogP contribution in [0.4, 0.5) is 5.69 Å². The van der Waals surface area contributed by atoms with Gasteiger partial charge in [-0.3, -0.25) is 9.59 Å². The van der Waals surface area contributed by atoms with Crippen molar-refractivity contribution in [3.05, 3.63) is 58.6 Å². The molecule has 1 saturated heterocycles. The Hall–Kier alpha value is -2.42. The highest BCUT2D eigenvalue weighted by Gasteiger charge is 2.40. The van der Waals surface area contributed by atoms with Crippen LogP contribution in [0.2, 0.25) is 5.02 Å². The summed E-state index contributed by atoms with van der Waals surface area (Å²) in [6, 6.07) is 12.5. The Morgan fingerprint density at radius 1 is 1.00 bits per heavy atom. The molecular formula is C26H30ClN3O4S. The maximum absolute atomic E-state index is 13.4. The van der Waals surface area contributed by atoms with Crippen LogP contribution in [0.5, 0.6) is 0 Å². The fourth-order valence-electron chi connectivity index (χ4n) is 5.07. The molecule has 0 bridgehead atoms. The third-order valence-corrected chi connectivity index (χ3v) is 9.42. The van der Waals surface area contributed by atoms with Gasteiger partial charge in [-0.1, -0.05) is 23.7 Å². The van der Waals surface area contributed by atoms with E-state index in [-0.39, 0.29) is 34.6 Å². The summed E-state index contributed by atoms with van der Waals surface area (Å²) in [5, 5.41) is 3.60. The van der Waals surface area contributed by atoms with E-state index in [1.54, 1.807) is 30.3 Å². The first-order valence-electron chi connectivity index (χ1n) is 12.2. The van der Waals surface area contributed by atoms with E-state index in [2.05, 4.69) is 5.32 Å². The molecule has 2 amide bonds. The number of halogens is 1. The van der Waals surface area contributed by atoms with Crippen molar-refractivity contribution in [1.82, 2.24) is 9.62 Å². The SMILES string of the molecule is CC1Cc2cc(S(=O)(=O)N3CCC(C(=O)NCc4ccc(Cl)cc4)CC3)ccc2N1C(=O)C1CC1. The van der Waals surface area contributed by atoms with Crippen LogP contribution in [0.3, 0.4) is 0 Å². The van der Waals surface area contributed by atoms with E-state index in [0.717, 1.165) is 29.7 Å². The van der Waals surface area contributed by atoms with Crippen LogP contribution in [0.25, 0.3) is 0 Å². The summed E-state index contributed by atoms with van der Waals surface area (Å²) in [6.45, 7) is 3.04. The highest BCUT2D eigenvalue weighted by molar-refractivity contribution is 7.89. The van der Waals surface area contributed by atoms with Gasteiger partial charge in [0.2, 0.25) is 21.8 Å². The van der Waals surface area contributed by atoms with Crippen LogP contribution in [0.1, 0.15) is 43.7 Å². The maximum Gasteiger partial charge on any atom is 0.243 e. The molecule has 1 N–H and O–H groups in total. The minimum Gasteiger partial charge on any atom is -0.352 e. The van der Waals surface area contributed by atoms with Crippen LogP contribution in [-0.2, 0) is 32.6 Å². The monoisotopic (exact) mass is 515 g/mol. The van der Waals surface area contributed by atoms with E-state index in [9.17, 15) is 18.0 Å². The maximum atomic E-state index is 13.4. The third-order valence-electron chi connectivity index (χ3n) is 7.27. The van der Waals surface area contributed by atoms with Crippen molar-refractivity contribution in [2.45, 2.75) is 56.5 Å². The molecule has 2 heterocycles. The Labute approximate surface area is 211 Å². The van der Waals surface area contributed by atoms with Gasteiger partial charge in [-0.05, 0) is 80.5 Å². The zero-order valence-electron chi connectivity index (χ0n) is 19.7. The molecule has 1 atom stereocenters. The number of carbonyl (C=O) groups excluding carboxylic acids is 2. The van der Waals surface area contributed by atoms with E-state index in [1.165, 1.54) is 4.31 Å². The van der Waals surface area contributed by atoms with Crippen molar-refractivity contribution < 1.29 is 18.0 Å². The number of anilines is 1. The number of nitrogens with one attached hydrogen (secondary N) is 1. The van der Waals surface area contributed by atoms with Gasteiger partial charge >= 0.3 is 0 Å². The minimum atomic E-state index is -3.67. The lowest BCUT2D eigenvalue weighted by molar-refractivity contribution is -0.126. The predicted octanol–water partition coefficient (Wildman–Crippen LogP) is 3.74. The Kier molecular flexibility index (Phi) is 6.63. The Balaban J connectivity index is 1.20. The summed E-state index contributed by atoms with van der Waals surface area (Å²) in [7, 11) is -3.67. The number of carbonyl (C=O) groups is 2. The average molecular weight is 516 g/mol. The van der Waals surface area contributed by atoms with Crippen LogP contribution < -0.4 is 10.2 Å². The summed E-state index contributed by atoms with van der Waals surface area (Å²) < 4.78 is 28.2. The molecule has 35 heavy (non-hydrogen) atoms. The second kappa shape index (κ2) is 9.56. The van der Waals surface area contributed by atoms with E-state index in [0.29, 0.717) is 43.9 Å². The van der Waals surface area contributed by atoms with Crippen molar-refractivity contribution in [1.29, 1.82) is 0 Å². The van der Waals surface area contributed by atoms with Crippen molar-refractivity contribution in [3.63, 3.8) is 0 Å². The van der Waals surface area contributed by atoms with Crippen molar-refractivity contribution >= 4 is 39.1 Å².